The largest absolute Gasteiger partial charge is 0.480 e. The summed E-state index contributed by atoms with van der Waals surface area (Å²) in [6, 6.07) is -1.07. The lowest BCUT2D eigenvalue weighted by Gasteiger charge is -2.13. The van der Waals surface area contributed by atoms with Crippen molar-refractivity contribution in [3.05, 3.63) is 0 Å². The van der Waals surface area contributed by atoms with Crippen LogP contribution in [0.25, 0.3) is 0 Å². The Hall–Kier alpha value is -1.51. The van der Waals surface area contributed by atoms with Crippen molar-refractivity contribution in [2.75, 3.05) is 40.0 Å². The molecule has 0 fully saturated rings. The number of ketones is 1. The Labute approximate surface area is 124 Å². The summed E-state index contributed by atoms with van der Waals surface area (Å²) in [7, 11) is 1.81. The summed E-state index contributed by atoms with van der Waals surface area (Å²) in [5.74, 6) is -1.81. The molecule has 1 atom stereocenters. The van der Waals surface area contributed by atoms with Gasteiger partial charge in [0.1, 0.15) is 18.4 Å². The Morgan fingerprint density at radius 1 is 1.14 bits per heavy atom. The number of Topliss-reactive ketones (excluding diaryl/α,β-unsaturated/α-hetero) is 1. The fourth-order valence-corrected chi connectivity index (χ4v) is 1.40. The Kier molecular flexibility index (Phi) is 11.4. The van der Waals surface area contributed by atoms with Crippen LogP contribution in [0.15, 0.2) is 0 Å². The molecule has 0 aromatic rings. The Morgan fingerprint density at radius 2 is 1.81 bits per heavy atom. The SMILES string of the molecule is CNCCOCCOCC(=O)NC(CCC(C)=O)C(=O)O. The molecule has 0 heterocycles. The highest BCUT2D eigenvalue weighted by Crippen LogP contribution is 1.99. The zero-order chi connectivity index (χ0) is 16.1. The van der Waals surface area contributed by atoms with Crippen molar-refractivity contribution in [2.24, 2.45) is 0 Å². The lowest BCUT2D eigenvalue weighted by atomic mass is 10.1. The third-order valence-electron chi connectivity index (χ3n) is 2.52. The smallest absolute Gasteiger partial charge is 0.326 e. The third kappa shape index (κ3) is 12.0. The maximum atomic E-state index is 11.5. The molecule has 0 aliphatic rings. The van der Waals surface area contributed by atoms with Crippen molar-refractivity contribution in [3.8, 4) is 0 Å². The molecule has 3 N–H and O–H groups in total. The highest BCUT2D eigenvalue weighted by molar-refractivity contribution is 5.85. The van der Waals surface area contributed by atoms with E-state index in [1.54, 1.807) is 0 Å². The van der Waals surface area contributed by atoms with Gasteiger partial charge < -0.3 is 30.0 Å². The maximum Gasteiger partial charge on any atom is 0.326 e. The molecule has 0 saturated heterocycles. The van der Waals surface area contributed by atoms with E-state index in [0.29, 0.717) is 13.2 Å². The molecule has 8 nitrogen and oxygen atoms in total. The average Bonchev–Trinajstić information content (AvgIpc) is 2.41. The van der Waals surface area contributed by atoms with E-state index in [0.717, 1.165) is 6.54 Å². The summed E-state index contributed by atoms with van der Waals surface area (Å²) in [4.78, 5) is 33.3. The molecule has 0 rings (SSSR count). The molecule has 0 spiro atoms. The monoisotopic (exact) mass is 304 g/mol. The second-order valence-electron chi connectivity index (χ2n) is 4.47. The maximum absolute atomic E-state index is 11.5. The molecule has 1 amide bonds. The van der Waals surface area contributed by atoms with E-state index in [-0.39, 0.29) is 31.8 Å². The van der Waals surface area contributed by atoms with E-state index in [2.05, 4.69) is 10.6 Å². The molecule has 0 aliphatic carbocycles. The zero-order valence-corrected chi connectivity index (χ0v) is 12.5. The number of hydrogen-bond acceptors (Lipinski definition) is 6. The summed E-state index contributed by atoms with van der Waals surface area (Å²) in [6.07, 6.45) is 0.181. The summed E-state index contributed by atoms with van der Waals surface area (Å²) < 4.78 is 10.3. The van der Waals surface area contributed by atoms with Gasteiger partial charge in [0.05, 0.1) is 19.8 Å². The zero-order valence-electron chi connectivity index (χ0n) is 12.5. The van der Waals surface area contributed by atoms with Gasteiger partial charge in [-0.15, -0.1) is 0 Å². The summed E-state index contributed by atoms with van der Waals surface area (Å²) in [6.45, 7) is 3.04. The number of aliphatic carboxylic acids is 1. The van der Waals surface area contributed by atoms with Crippen molar-refractivity contribution >= 4 is 17.7 Å². The van der Waals surface area contributed by atoms with Gasteiger partial charge in [0, 0.05) is 13.0 Å². The lowest BCUT2D eigenvalue weighted by molar-refractivity contribution is -0.143. The minimum absolute atomic E-state index is 0.0730. The van der Waals surface area contributed by atoms with Gasteiger partial charge in [0.25, 0.3) is 0 Å². The molecule has 8 heteroatoms. The number of amides is 1. The first kappa shape index (κ1) is 19.5. The van der Waals surface area contributed by atoms with Gasteiger partial charge in [-0.05, 0) is 20.4 Å². The number of nitrogens with one attached hydrogen (secondary N) is 2. The first-order chi connectivity index (χ1) is 9.97. The van der Waals surface area contributed by atoms with Gasteiger partial charge in [-0.2, -0.15) is 0 Å². The van der Waals surface area contributed by atoms with E-state index in [1.165, 1.54) is 6.92 Å². The van der Waals surface area contributed by atoms with Crippen molar-refractivity contribution in [1.82, 2.24) is 10.6 Å². The predicted molar refractivity (Wildman–Crippen MR) is 75.0 cm³/mol. The van der Waals surface area contributed by atoms with Gasteiger partial charge in [-0.3, -0.25) is 4.79 Å². The molecule has 0 saturated carbocycles. The number of carboxylic acid groups (broad SMARTS) is 1. The Balaban J connectivity index is 3.78. The molecular weight excluding hydrogens is 280 g/mol. The van der Waals surface area contributed by atoms with Crippen LogP contribution in [0.1, 0.15) is 19.8 Å². The minimum atomic E-state index is -1.17. The average molecular weight is 304 g/mol. The number of rotatable bonds is 13. The molecule has 122 valence electrons. The number of hydrogen-bond donors (Lipinski definition) is 3. The van der Waals surface area contributed by atoms with E-state index >= 15 is 0 Å². The van der Waals surface area contributed by atoms with Crippen LogP contribution in [-0.4, -0.2) is 68.8 Å². The third-order valence-corrected chi connectivity index (χ3v) is 2.52. The van der Waals surface area contributed by atoms with Crippen molar-refractivity contribution in [3.63, 3.8) is 0 Å². The second kappa shape index (κ2) is 12.2. The quantitative estimate of drug-likeness (QED) is 0.381. The lowest BCUT2D eigenvalue weighted by Crippen LogP contribution is -2.42. The molecule has 0 radical (unpaired) electrons. The summed E-state index contributed by atoms with van der Waals surface area (Å²) in [5.41, 5.74) is 0. The van der Waals surface area contributed by atoms with Crippen LogP contribution in [0, 0.1) is 0 Å². The van der Waals surface area contributed by atoms with Gasteiger partial charge in [-0.1, -0.05) is 0 Å². The molecule has 1 unspecified atom stereocenters. The number of carboxylic acids is 1. The van der Waals surface area contributed by atoms with Gasteiger partial charge in [0.15, 0.2) is 0 Å². The summed E-state index contributed by atoms with van der Waals surface area (Å²) in [5, 5.41) is 14.2. The molecular formula is C13H24N2O6. The van der Waals surface area contributed by atoms with Crippen LogP contribution >= 0.6 is 0 Å². The standard InChI is InChI=1S/C13H24N2O6/c1-10(16)3-4-11(13(18)19)15-12(17)9-21-8-7-20-6-5-14-2/h11,14H,3-9H2,1-2H3,(H,15,17)(H,18,19). The van der Waals surface area contributed by atoms with E-state index in [9.17, 15) is 14.4 Å². The highest BCUT2D eigenvalue weighted by atomic mass is 16.5. The molecule has 0 aromatic heterocycles. The molecule has 21 heavy (non-hydrogen) atoms. The van der Waals surface area contributed by atoms with Crippen LogP contribution in [-0.2, 0) is 23.9 Å². The van der Waals surface area contributed by atoms with Crippen molar-refractivity contribution in [2.45, 2.75) is 25.8 Å². The molecule has 0 aromatic carbocycles. The topological polar surface area (TPSA) is 114 Å². The van der Waals surface area contributed by atoms with Crippen LogP contribution in [0.3, 0.4) is 0 Å². The molecule has 0 aliphatic heterocycles. The fraction of sp³-hybridized carbons (Fsp3) is 0.769. The first-order valence-electron chi connectivity index (χ1n) is 6.79. The minimum Gasteiger partial charge on any atom is -0.480 e. The van der Waals surface area contributed by atoms with E-state index < -0.39 is 17.9 Å². The van der Waals surface area contributed by atoms with E-state index in [1.807, 2.05) is 7.05 Å². The van der Waals surface area contributed by atoms with Crippen LogP contribution < -0.4 is 10.6 Å². The number of likely N-dealkylation sites (N-methyl/N-ethyl adjacent to an activating group) is 1. The van der Waals surface area contributed by atoms with Gasteiger partial charge in [-0.25, -0.2) is 4.79 Å². The second-order valence-corrected chi connectivity index (χ2v) is 4.47. The summed E-state index contributed by atoms with van der Waals surface area (Å²) >= 11 is 0. The Bertz CT molecular complexity index is 335. The normalized spacial score (nSPS) is 11.9. The number of carbonyl (C=O) groups excluding carboxylic acids is 2. The van der Waals surface area contributed by atoms with Crippen LogP contribution in [0.5, 0.6) is 0 Å². The van der Waals surface area contributed by atoms with Crippen molar-refractivity contribution in [1.29, 1.82) is 0 Å². The van der Waals surface area contributed by atoms with Gasteiger partial charge >= 0.3 is 5.97 Å². The van der Waals surface area contributed by atoms with Crippen molar-refractivity contribution < 1.29 is 29.0 Å². The number of carbonyl (C=O) groups is 3. The first-order valence-corrected chi connectivity index (χ1v) is 6.79. The number of ether oxygens (including phenoxy) is 2. The Morgan fingerprint density at radius 3 is 2.38 bits per heavy atom. The van der Waals surface area contributed by atoms with Gasteiger partial charge in [0.2, 0.25) is 5.91 Å². The highest BCUT2D eigenvalue weighted by Gasteiger charge is 2.20. The fourth-order valence-electron chi connectivity index (χ4n) is 1.40. The van der Waals surface area contributed by atoms with E-state index in [4.69, 9.17) is 14.6 Å². The van der Waals surface area contributed by atoms with Crippen LogP contribution in [0.2, 0.25) is 0 Å². The predicted octanol–water partition coefficient (Wildman–Crippen LogP) is -0.822. The van der Waals surface area contributed by atoms with Crippen LogP contribution in [0.4, 0.5) is 0 Å². The molecule has 0 bridgehead atoms.